The molecular weight excluding hydrogens is 238 g/mol. The van der Waals surface area contributed by atoms with Crippen molar-refractivity contribution in [2.75, 3.05) is 24.7 Å². The highest BCUT2D eigenvalue weighted by Crippen LogP contribution is 2.23. The summed E-state index contributed by atoms with van der Waals surface area (Å²) in [7, 11) is -2.79. The standard InChI is InChI=1S/C12H23NO3S/c1-12(6-9-17(14,15)10-12)13-7-2-4-11-5-3-8-16-11/h11,13H,2-10H2,1H3. The maximum Gasteiger partial charge on any atom is 0.152 e. The van der Waals surface area contributed by atoms with E-state index in [1.165, 1.54) is 12.8 Å². The average molecular weight is 261 g/mol. The zero-order valence-electron chi connectivity index (χ0n) is 10.6. The Morgan fingerprint density at radius 3 is 2.88 bits per heavy atom. The molecule has 0 saturated carbocycles. The fourth-order valence-electron chi connectivity index (χ4n) is 2.74. The summed E-state index contributed by atoms with van der Waals surface area (Å²) in [6.45, 7) is 3.82. The normalized spacial score (nSPS) is 36.4. The highest BCUT2D eigenvalue weighted by atomic mass is 32.2. The van der Waals surface area contributed by atoms with Crippen LogP contribution in [0.25, 0.3) is 0 Å². The first-order valence-corrected chi connectivity index (χ1v) is 8.38. The zero-order chi connectivity index (χ0) is 12.4. The topological polar surface area (TPSA) is 55.4 Å². The predicted molar refractivity (Wildman–Crippen MR) is 67.9 cm³/mol. The molecule has 2 rings (SSSR count). The molecule has 2 aliphatic rings. The smallest absolute Gasteiger partial charge is 0.152 e. The van der Waals surface area contributed by atoms with Crippen molar-refractivity contribution in [1.82, 2.24) is 5.32 Å². The van der Waals surface area contributed by atoms with E-state index in [9.17, 15) is 8.42 Å². The van der Waals surface area contributed by atoms with E-state index < -0.39 is 9.84 Å². The van der Waals surface area contributed by atoms with Crippen LogP contribution >= 0.6 is 0 Å². The molecule has 2 fully saturated rings. The molecule has 2 atom stereocenters. The predicted octanol–water partition coefficient (Wildman–Crippen LogP) is 1.11. The quantitative estimate of drug-likeness (QED) is 0.753. The molecule has 2 unspecified atom stereocenters. The van der Waals surface area contributed by atoms with Gasteiger partial charge in [-0.15, -0.1) is 0 Å². The molecule has 0 aromatic carbocycles. The lowest BCUT2D eigenvalue weighted by molar-refractivity contribution is 0.102. The summed E-state index contributed by atoms with van der Waals surface area (Å²) < 4.78 is 28.4. The van der Waals surface area contributed by atoms with E-state index >= 15 is 0 Å². The minimum Gasteiger partial charge on any atom is -0.378 e. The highest BCUT2D eigenvalue weighted by Gasteiger charge is 2.37. The van der Waals surface area contributed by atoms with Crippen molar-refractivity contribution >= 4 is 9.84 Å². The summed E-state index contributed by atoms with van der Waals surface area (Å²) in [6.07, 6.45) is 5.72. The van der Waals surface area contributed by atoms with Crippen molar-refractivity contribution in [3.63, 3.8) is 0 Å². The van der Waals surface area contributed by atoms with Gasteiger partial charge in [0.25, 0.3) is 0 Å². The van der Waals surface area contributed by atoms with Gasteiger partial charge < -0.3 is 10.1 Å². The van der Waals surface area contributed by atoms with Crippen molar-refractivity contribution in [1.29, 1.82) is 0 Å². The molecule has 0 bridgehead atoms. The van der Waals surface area contributed by atoms with Gasteiger partial charge in [-0.2, -0.15) is 0 Å². The van der Waals surface area contributed by atoms with Crippen molar-refractivity contribution in [2.24, 2.45) is 0 Å². The lowest BCUT2D eigenvalue weighted by Gasteiger charge is -2.24. The van der Waals surface area contributed by atoms with Gasteiger partial charge in [0.2, 0.25) is 0 Å². The number of hydrogen-bond acceptors (Lipinski definition) is 4. The Kier molecular flexibility index (Phi) is 4.10. The molecule has 100 valence electrons. The van der Waals surface area contributed by atoms with E-state index in [0.717, 1.165) is 32.4 Å². The van der Waals surface area contributed by atoms with Crippen LogP contribution < -0.4 is 5.32 Å². The van der Waals surface area contributed by atoms with Crippen LogP contribution in [0.2, 0.25) is 0 Å². The molecule has 0 amide bonds. The largest absolute Gasteiger partial charge is 0.378 e. The molecular formula is C12H23NO3S. The summed E-state index contributed by atoms with van der Waals surface area (Å²) in [4.78, 5) is 0. The molecule has 0 aliphatic carbocycles. The third-order valence-corrected chi connectivity index (χ3v) is 5.69. The van der Waals surface area contributed by atoms with E-state index in [-0.39, 0.29) is 5.54 Å². The fraction of sp³-hybridized carbons (Fsp3) is 1.00. The lowest BCUT2D eigenvalue weighted by Crippen LogP contribution is -2.43. The first kappa shape index (κ1) is 13.3. The Labute approximate surface area is 104 Å². The number of rotatable bonds is 5. The van der Waals surface area contributed by atoms with Crippen molar-refractivity contribution in [2.45, 2.75) is 50.7 Å². The van der Waals surface area contributed by atoms with Crippen molar-refractivity contribution < 1.29 is 13.2 Å². The fourth-order valence-corrected chi connectivity index (χ4v) is 4.86. The molecule has 0 spiro atoms. The number of sulfone groups is 1. The van der Waals surface area contributed by atoms with Gasteiger partial charge in [-0.1, -0.05) is 0 Å². The van der Waals surface area contributed by atoms with E-state index in [1.54, 1.807) is 0 Å². The number of ether oxygens (including phenoxy) is 1. The van der Waals surface area contributed by atoms with Gasteiger partial charge in [-0.3, -0.25) is 0 Å². The van der Waals surface area contributed by atoms with Crippen LogP contribution in [0.5, 0.6) is 0 Å². The van der Waals surface area contributed by atoms with E-state index in [2.05, 4.69) is 5.32 Å². The number of hydrogen-bond donors (Lipinski definition) is 1. The van der Waals surface area contributed by atoms with Crippen LogP contribution in [-0.2, 0) is 14.6 Å². The van der Waals surface area contributed by atoms with E-state index in [4.69, 9.17) is 4.74 Å². The van der Waals surface area contributed by atoms with Crippen LogP contribution in [0.3, 0.4) is 0 Å². The Hall–Kier alpha value is -0.130. The Morgan fingerprint density at radius 1 is 1.47 bits per heavy atom. The summed E-state index contributed by atoms with van der Waals surface area (Å²) in [5.41, 5.74) is -0.199. The number of nitrogens with one attached hydrogen (secondary N) is 1. The maximum absolute atomic E-state index is 11.4. The van der Waals surface area contributed by atoms with Gasteiger partial charge in [0.15, 0.2) is 9.84 Å². The molecule has 0 aromatic rings. The molecule has 4 nitrogen and oxygen atoms in total. The van der Waals surface area contributed by atoms with Gasteiger partial charge in [-0.25, -0.2) is 8.42 Å². The molecule has 2 heterocycles. The summed E-state index contributed by atoms with van der Waals surface area (Å²) in [5, 5.41) is 3.40. The summed E-state index contributed by atoms with van der Waals surface area (Å²) in [5.74, 6) is 0.627. The molecule has 2 aliphatic heterocycles. The van der Waals surface area contributed by atoms with Crippen LogP contribution in [0.15, 0.2) is 0 Å². The minimum absolute atomic E-state index is 0.199. The van der Waals surface area contributed by atoms with E-state index in [0.29, 0.717) is 17.6 Å². The Morgan fingerprint density at radius 2 is 2.29 bits per heavy atom. The van der Waals surface area contributed by atoms with Gasteiger partial charge in [-0.05, 0) is 45.6 Å². The second kappa shape index (κ2) is 5.24. The zero-order valence-corrected chi connectivity index (χ0v) is 11.4. The lowest BCUT2D eigenvalue weighted by atomic mass is 10.0. The van der Waals surface area contributed by atoms with Gasteiger partial charge in [0.05, 0.1) is 17.6 Å². The second-order valence-corrected chi connectivity index (χ2v) is 7.79. The van der Waals surface area contributed by atoms with Crippen LogP contribution in [0, 0.1) is 0 Å². The molecule has 2 saturated heterocycles. The third-order valence-electron chi connectivity index (χ3n) is 3.78. The first-order valence-electron chi connectivity index (χ1n) is 6.56. The highest BCUT2D eigenvalue weighted by molar-refractivity contribution is 7.91. The monoisotopic (exact) mass is 261 g/mol. The van der Waals surface area contributed by atoms with Crippen molar-refractivity contribution in [3.05, 3.63) is 0 Å². The van der Waals surface area contributed by atoms with Crippen molar-refractivity contribution in [3.8, 4) is 0 Å². The second-order valence-electron chi connectivity index (χ2n) is 5.61. The summed E-state index contributed by atoms with van der Waals surface area (Å²) in [6, 6.07) is 0. The third kappa shape index (κ3) is 3.93. The molecule has 0 radical (unpaired) electrons. The summed E-state index contributed by atoms with van der Waals surface area (Å²) >= 11 is 0. The molecule has 0 aromatic heterocycles. The Bertz CT molecular complexity index is 349. The minimum atomic E-state index is -2.79. The van der Waals surface area contributed by atoms with E-state index in [1.807, 2.05) is 6.92 Å². The average Bonchev–Trinajstić information content (AvgIpc) is 2.82. The first-order chi connectivity index (χ1) is 7.99. The van der Waals surface area contributed by atoms with Gasteiger partial charge in [0, 0.05) is 12.1 Å². The van der Waals surface area contributed by atoms with Gasteiger partial charge >= 0.3 is 0 Å². The Balaban J connectivity index is 1.64. The van der Waals surface area contributed by atoms with Crippen LogP contribution in [0.1, 0.15) is 39.0 Å². The molecule has 17 heavy (non-hydrogen) atoms. The molecule has 1 N–H and O–H groups in total. The van der Waals surface area contributed by atoms with Crippen LogP contribution in [-0.4, -0.2) is 44.7 Å². The molecule has 5 heteroatoms. The maximum atomic E-state index is 11.4. The SMILES string of the molecule is CC1(NCCCC2CCCO2)CCS(=O)(=O)C1. The van der Waals surface area contributed by atoms with Gasteiger partial charge in [0.1, 0.15) is 0 Å². The van der Waals surface area contributed by atoms with Crippen LogP contribution in [0.4, 0.5) is 0 Å².